The number of hydrogen-bond donors (Lipinski definition) is 1. The van der Waals surface area contributed by atoms with E-state index in [0.717, 1.165) is 19.5 Å². The lowest BCUT2D eigenvalue weighted by Crippen LogP contribution is -2.25. The van der Waals surface area contributed by atoms with Crippen LogP contribution in [0.3, 0.4) is 0 Å². The number of nitrogens with zero attached hydrogens (tertiary/aromatic N) is 3. The van der Waals surface area contributed by atoms with Gasteiger partial charge >= 0.3 is 0 Å². The van der Waals surface area contributed by atoms with E-state index < -0.39 is 4.92 Å². The van der Waals surface area contributed by atoms with Crippen LogP contribution >= 0.6 is 0 Å². The maximum absolute atomic E-state index is 10.6. The summed E-state index contributed by atoms with van der Waals surface area (Å²) in [5.41, 5.74) is 0.621. The quantitative estimate of drug-likeness (QED) is 0.678. The fourth-order valence-electron chi connectivity index (χ4n) is 2.32. The van der Waals surface area contributed by atoms with Crippen LogP contribution in [-0.4, -0.2) is 28.2 Å². The van der Waals surface area contributed by atoms with Gasteiger partial charge in [-0.3, -0.25) is 10.1 Å². The van der Waals surface area contributed by atoms with Crippen LogP contribution < -0.4 is 5.32 Å². The zero-order valence-corrected chi connectivity index (χ0v) is 11.0. The maximum atomic E-state index is 10.6. The van der Waals surface area contributed by atoms with Crippen molar-refractivity contribution < 1.29 is 9.45 Å². The van der Waals surface area contributed by atoms with Crippen molar-refractivity contribution in [3.8, 4) is 11.4 Å². The monoisotopic (exact) mass is 274 g/mol. The fraction of sp³-hybridized carbons (Fsp3) is 0.385. The summed E-state index contributed by atoms with van der Waals surface area (Å²) in [6.07, 6.45) is 0.953. The molecule has 1 saturated heterocycles. The molecule has 1 aromatic heterocycles. The van der Waals surface area contributed by atoms with Gasteiger partial charge in [-0.25, -0.2) is 0 Å². The average molecular weight is 274 g/mol. The van der Waals surface area contributed by atoms with E-state index >= 15 is 0 Å². The molecule has 2 aromatic rings. The molecule has 20 heavy (non-hydrogen) atoms. The Hall–Kier alpha value is -2.28. The fourth-order valence-corrected chi connectivity index (χ4v) is 2.32. The number of nitro groups is 1. The van der Waals surface area contributed by atoms with Crippen LogP contribution in [0.25, 0.3) is 11.4 Å². The van der Waals surface area contributed by atoms with Crippen LogP contribution in [-0.2, 0) is 5.41 Å². The van der Waals surface area contributed by atoms with Gasteiger partial charge in [-0.1, -0.05) is 5.16 Å². The van der Waals surface area contributed by atoms with E-state index in [-0.39, 0.29) is 11.1 Å². The molecule has 0 bridgehead atoms. The van der Waals surface area contributed by atoms with Crippen molar-refractivity contribution in [2.75, 3.05) is 13.1 Å². The van der Waals surface area contributed by atoms with Crippen molar-refractivity contribution in [3.05, 3.63) is 40.3 Å². The van der Waals surface area contributed by atoms with Crippen molar-refractivity contribution in [1.29, 1.82) is 0 Å². The number of hydrogen-bond acceptors (Lipinski definition) is 6. The first-order valence-electron chi connectivity index (χ1n) is 6.38. The van der Waals surface area contributed by atoms with E-state index in [2.05, 4.69) is 22.4 Å². The van der Waals surface area contributed by atoms with Gasteiger partial charge in [-0.2, -0.15) is 4.98 Å². The minimum absolute atomic E-state index is 0.0458. The Morgan fingerprint density at radius 1 is 1.40 bits per heavy atom. The van der Waals surface area contributed by atoms with Gasteiger partial charge in [0.15, 0.2) is 0 Å². The van der Waals surface area contributed by atoms with E-state index in [4.69, 9.17) is 4.52 Å². The van der Waals surface area contributed by atoms with Gasteiger partial charge in [-0.05, 0) is 32.0 Å². The van der Waals surface area contributed by atoms with Gasteiger partial charge in [0.05, 0.1) is 10.3 Å². The van der Waals surface area contributed by atoms with Crippen molar-refractivity contribution >= 4 is 5.69 Å². The first-order chi connectivity index (χ1) is 9.58. The minimum atomic E-state index is -0.434. The van der Waals surface area contributed by atoms with E-state index in [9.17, 15) is 10.1 Å². The van der Waals surface area contributed by atoms with Gasteiger partial charge in [-0.15, -0.1) is 0 Å². The predicted molar refractivity (Wildman–Crippen MR) is 71.2 cm³/mol. The molecule has 7 heteroatoms. The summed E-state index contributed by atoms with van der Waals surface area (Å²) in [5, 5.41) is 17.9. The van der Waals surface area contributed by atoms with Crippen LogP contribution in [0.2, 0.25) is 0 Å². The summed E-state index contributed by atoms with van der Waals surface area (Å²) in [7, 11) is 0. The normalized spacial score (nSPS) is 22.1. The summed E-state index contributed by atoms with van der Waals surface area (Å²) in [5.74, 6) is 1.07. The van der Waals surface area contributed by atoms with E-state index in [1.54, 1.807) is 12.1 Å². The number of non-ortho nitro benzene ring substituents is 1. The summed E-state index contributed by atoms with van der Waals surface area (Å²) in [6.45, 7) is 3.83. The van der Waals surface area contributed by atoms with Gasteiger partial charge in [0.25, 0.3) is 5.69 Å². The van der Waals surface area contributed by atoms with E-state index in [1.807, 2.05) is 0 Å². The highest BCUT2D eigenvalue weighted by Crippen LogP contribution is 2.30. The summed E-state index contributed by atoms with van der Waals surface area (Å²) < 4.78 is 5.35. The highest BCUT2D eigenvalue weighted by molar-refractivity contribution is 5.56. The predicted octanol–water partition coefficient (Wildman–Crippen LogP) is 1.90. The Morgan fingerprint density at radius 3 is 2.75 bits per heavy atom. The Bertz CT molecular complexity index is 629. The Kier molecular flexibility index (Phi) is 2.98. The van der Waals surface area contributed by atoms with Gasteiger partial charge in [0.1, 0.15) is 0 Å². The second-order valence-electron chi connectivity index (χ2n) is 5.21. The van der Waals surface area contributed by atoms with Crippen molar-refractivity contribution in [1.82, 2.24) is 15.5 Å². The molecule has 1 atom stereocenters. The molecule has 0 aliphatic carbocycles. The molecule has 0 radical (unpaired) electrons. The second-order valence-corrected chi connectivity index (χ2v) is 5.21. The Morgan fingerprint density at radius 2 is 2.15 bits per heavy atom. The lowest BCUT2D eigenvalue weighted by atomic mass is 9.90. The van der Waals surface area contributed by atoms with Gasteiger partial charge < -0.3 is 9.84 Å². The largest absolute Gasteiger partial charge is 0.338 e. The smallest absolute Gasteiger partial charge is 0.269 e. The van der Waals surface area contributed by atoms with Crippen LogP contribution in [0.1, 0.15) is 19.2 Å². The molecule has 0 spiro atoms. The minimum Gasteiger partial charge on any atom is -0.338 e. The SMILES string of the molecule is CC1(c2nc(-c3ccc([N+](=O)[O-])cc3)no2)CCNC1. The lowest BCUT2D eigenvalue weighted by Gasteiger charge is -2.15. The molecular formula is C13H14N4O3. The molecule has 1 aliphatic heterocycles. The molecule has 2 heterocycles. The molecule has 1 fully saturated rings. The summed E-state index contributed by atoms with van der Waals surface area (Å²) in [4.78, 5) is 14.6. The first kappa shape index (κ1) is 12.7. The van der Waals surface area contributed by atoms with Crippen molar-refractivity contribution in [2.45, 2.75) is 18.8 Å². The van der Waals surface area contributed by atoms with E-state index in [0.29, 0.717) is 17.3 Å². The van der Waals surface area contributed by atoms with E-state index in [1.165, 1.54) is 12.1 Å². The molecule has 0 amide bonds. The molecule has 1 N–H and O–H groups in total. The Labute approximate surface area is 115 Å². The molecule has 1 unspecified atom stereocenters. The molecular weight excluding hydrogens is 260 g/mol. The Balaban J connectivity index is 1.88. The second kappa shape index (κ2) is 4.68. The summed E-state index contributed by atoms with van der Waals surface area (Å²) >= 11 is 0. The first-order valence-corrected chi connectivity index (χ1v) is 6.38. The van der Waals surface area contributed by atoms with Crippen LogP contribution in [0.5, 0.6) is 0 Å². The number of rotatable bonds is 3. The van der Waals surface area contributed by atoms with Crippen LogP contribution in [0.15, 0.2) is 28.8 Å². The molecule has 1 aromatic carbocycles. The third-order valence-corrected chi connectivity index (χ3v) is 3.65. The number of aromatic nitrogens is 2. The van der Waals surface area contributed by atoms with Crippen LogP contribution in [0, 0.1) is 10.1 Å². The third kappa shape index (κ3) is 2.16. The van der Waals surface area contributed by atoms with Crippen molar-refractivity contribution in [2.24, 2.45) is 0 Å². The number of nitro benzene ring substituents is 1. The number of benzene rings is 1. The zero-order valence-electron chi connectivity index (χ0n) is 11.0. The average Bonchev–Trinajstić information content (AvgIpc) is 3.08. The standard InChI is InChI=1S/C13H14N4O3/c1-13(6-7-14-8-13)12-15-11(16-20-12)9-2-4-10(5-3-9)17(18)19/h2-5,14H,6-8H2,1H3. The maximum Gasteiger partial charge on any atom is 0.269 e. The molecule has 1 aliphatic rings. The molecule has 7 nitrogen and oxygen atoms in total. The molecule has 104 valence electrons. The highest BCUT2D eigenvalue weighted by Gasteiger charge is 2.36. The van der Waals surface area contributed by atoms with Crippen molar-refractivity contribution in [3.63, 3.8) is 0 Å². The van der Waals surface area contributed by atoms with Crippen LogP contribution in [0.4, 0.5) is 5.69 Å². The lowest BCUT2D eigenvalue weighted by molar-refractivity contribution is -0.384. The molecule has 3 rings (SSSR count). The zero-order chi connectivity index (χ0) is 14.2. The molecule has 0 saturated carbocycles. The van der Waals surface area contributed by atoms with Gasteiger partial charge in [0.2, 0.25) is 11.7 Å². The summed E-state index contributed by atoms with van der Waals surface area (Å²) in [6, 6.07) is 6.12. The third-order valence-electron chi connectivity index (χ3n) is 3.65. The van der Waals surface area contributed by atoms with Gasteiger partial charge in [0, 0.05) is 24.2 Å². The number of nitrogens with one attached hydrogen (secondary N) is 1. The topological polar surface area (TPSA) is 94.1 Å². The highest BCUT2D eigenvalue weighted by atomic mass is 16.6.